The van der Waals surface area contributed by atoms with Gasteiger partial charge in [0.05, 0.1) is 12.1 Å². The third kappa shape index (κ3) is 2.21. The van der Waals surface area contributed by atoms with Crippen molar-refractivity contribution in [2.24, 2.45) is 0 Å². The van der Waals surface area contributed by atoms with Crippen molar-refractivity contribution in [3.05, 3.63) is 12.4 Å². The van der Waals surface area contributed by atoms with Crippen molar-refractivity contribution in [3.63, 3.8) is 0 Å². The zero-order chi connectivity index (χ0) is 11.5. The average molecular weight is 223 g/mol. The molecule has 1 heterocycles. The minimum Gasteiger partial charge on any atom is -0.379 e. The average Bonchev–Trinajstić information content (AvgIpc) is 2.86. The van der Waals surface area contributed by atoms with Crippen LogP contribution >= 0.6 is 0 Å². The minimum atomic E-state index is 0.331. The Morgan fingerprint density at radius 1 is 1.50 bits per heavy atom. The van der Waals surface area contributed by atoms with Crippen LogP contribution in [-0.4, -0.2) is 28.8 Å². The van der Waals surface area contributed by atoms with Crippen LogP contribution in [0.1, 0.15) is 39.2 Å². The van der Waals surface area contributed by atoms with Gasteiger partial charge in [-0.15, -0.1) is 0 Å². The third-order valence-corrected chi connectivity index (χ3v) is 3.29. The summed E-state index contributed by atoms with van der Waals surface area (Å²) >= 11 is 0. The van der Waals surface area contributed by atoms with Crippen molar-refractivity contribution in [1.29, 1.82) is 0 Å². The molecule has 4 nitrogen and oxygen atoms in total. The second-order valence-corrected chi connectivity index (χ2v) is 4.71. The molecule has 1 fully saturated rings. The molecular formula is C12H21N3O. The van der Waals surface area contributed by atoms with Crippen LogP contribution in [0.2, 0.25) is 0 Å². The smallest absolute Gasteiger partial charge is 0.203 e. The topological polar surface area (TPSA) is 39.1 Å². The van der Waals surface area contributed by atoms with Crippen molar-refractivity contribution in [3.8, 4) is 0 Å². The summed E-state index contributed by atoms with van der Waals surface area (Å²) in [6.07, 6.45) is 7.75. The van der Waals surface area contributed by atoms with Gasteiger partial charge in [-0.05, 0) is 33.1 Å². The van der Waals surface area contributed by atoms with Crippen molar-refractivity contribution >= 4 is 5.95 Å². The van der Waals surface area contributed by atoms with Gasteiger partial charge in [-0.2, -0.15) is 0 Å². The van der Waals surface area contributed by atoms with Gasteiger partial charge in [0.25, 0.3) is 0 Å². The molecule has 1 aromatic rings. The van der Waals surface area contributed by atoms with E-state index < -0.39 is 0 Å². The number of hydrogen-bond donors (Lipinski definition) is 1. The maximum Gasteiger partial charge on any atom is 0.203 e. The zero-order valence-electron chi connectivity index (χ0n) is 10.3. The molecule has 0 amide bonds. The summed E-state index contributed by atoms with van der Waals surface area (Å²) in [6, 6.07) is 0.845. The Kier molecular flexibility index (Phi) is 3.49. The van der Waals surface area contributed by atoms with Crippen LogP contribution in [0.15, 0.2) is 12.4 Å². The summed E-state index contributed by atoms with van der Waals surface area (Å²) < 4.78 is 7.63. The molecule has 90 valence electrons. The van der Waals surface area contributed by atoms with Crippen molar-refractivity contribution < 1.29 is 4.74 Å². The van der Waals surface area contributed by atoms with Gasteiger partial charge in [-0.3, -0.25) is 0 Å². The summed E-state index contributed by atoms with van der Waals surface area (Å²) in [5.74, 6) is 0.962. The molecule has 2 unspecified atom stereocenters. The minimum absolute atomic E-state index is 0.331. The van der Waals surface area contributed by atoms with Gasteiger partial charge in [0.15, 0.2) is 0 Å². The highest BCUT2D eigenvalue weighted by molar-refractivity contribution is 5.29. The standard InChI is InChI=1S/C12H21N3O/c1-9(2)15-8-7-13-12(15)14-10-5-4-6-11(10)16-3/h7-11H,4-6H2,1-3H3,(H,13,14). The molecule has 1 N–H and O–H groups in total. The second-order valence-electron chi connectivity index (χ2n) is 4.71. The van der Waals surface area contributed by atoms with E-state index in [9.17, 15) is 0 Å². The Morgan fingerprint density at radius 3 is 3.00 bits per heavy atom. The number of ether oxygens (including phenoxy) is 1. The normalized spacial score (nSPS) is 25.2. The molecule has 1 saturated carbocycles. The largest absolute Gasteiger partial charge is 0.379 e. The van der Waals surface area contributed by atoms with E-state index >= 15 is 0 Å². The highest BCUT2D eigenvalue weighted by Crippen LogP contribution is 2.25. The molecule has 1 aromatic heterocycles. The van der Waals surface area contributed by atoms with Crippen LogP contribution in [0.25, 0.3) is 0 Å². The second kappa shape index (κ2) is 4.87. The molecule has 0 aliphatic heterocycles. The van der Waals surface area contributed by atoms with Gasteiger partial charge < -0.3 is 14.6 Å². The Labute approximate surface area is 97.0 Å². The molecule has 1 aliphatic carbocycles. The van der Waals surface area contributed by atoms with Gasteiger partial charge in [0.2, 0.25) is 5.95 Å². The van der Waals surface area contributed by atoms with E-state index in [2.05, 4.69) is 28.7 Å². The summed E-state index contributed by atoms with van der Waals surface area (Å²) in [6.45, 7) is 4.32. The number of nitrogens with one attached hydrogen (secondary N) is 1. The molecule has 0 radical (unpaired) electrons. The monoisotopic (exact) mass is 223 g/mol. The van der Waals surface area contributed by atoms with E-state index in [1.54, 1.807) is 7.11 Å². The molecule has 0 aromatic carbocycles. The first kappa shape index (κ1) is 11.5. The number of imidazole rings is 1. The van der Waals surface area contributed by atoms with E-state index in [0.29, 0.717) is 18.2 Å². The summed E-state index contributed by atoms with van der Waals surface area (Å²) in [7, 11) is 1.79. The lowest BCUT2D eigenvalue weighted by Crippen LogP contribution is -2.31. The van der Waals surface area contributed by atoms with E-state index in [4.69, 9.17) is 4.74 Å². The fourth-order valence-electron chi connectivity index (χ4n) is 2.38. The lowest BCUT2D eigenvalue weighted by atomic mass is 10.2. The first-order chi connectivity index (χ1) is 7.72. The predicted octanol–water partition coefficient (Wildman–Crippen LogP) is 2.44. The van der Waals surface area contributed by atoms with E-state index in [-0.39, 0.29) is 0 Å². The van der Waals surface area contributed by atoms with Crippen LogP contribution in [0, 0.1) is 0 Å². The number of hydrogen-bond acceptors (Lipinski definition) is 3. The molecule has 16 heavy (non-hydrogen) atoms. The molecule has 2 atom stereocenters. The number of nitrogens with zero attached hydrogens (tertiary/aromatic N) is 2. The molecule has 0 saturated heterocycles. The molecule has 0 spiro atoms. The van der Waals surface area contributed by atoms with Crippen molar-refractivity contribution in [2.75, 3.05) is 12.4 Å². The SMILES string of the molecule is COC1CCCC1Nc1nccn1C(C)C. The first-order valence-electron chi connectivity index (χ1n) is 6.04. The lowest BCUT2D eigenvalue weighted by molar-refractivity contribution is 0.101. The summed E-state index contributed by atoms with van der Waals surface area (Å²) in [5, 5.41) is 3.50. The molecular weight excluding hydrogens is 202 g/mol. The molecule has 4 heteroatoms. The van der Waals surface area contributed by atoms with Crippen LogP contribution in [0.5, 0.6) is 0 Å². The predicted molar refractivity (Wildman–Crippen MR) is 64.7 cm³/mol. The Balaban J connectivity index is 2.05. The number of rotatable bonds is 4. The van der Waals surface area contributed by atoms with E-state index in [1.165, 1.54) is 12.8 Å². The van der Waals surface area contributed by atoms with E-state index in [0.717, 1.165) is 12.4 Å². The third-order valence-electron chi connectivity index (χ3n) is 3.29. The molecule has 0 bridgehead atoms. The van der Waals surface area contributed by atoms with Crippen molar-refractivity contribution in [1.82, 2.24) is 9.55 Å². The van der Waals surface area contributed by atoms with Crippen LogP contribution in [0.4, 0.5) is 5.95 Å². The molecule has 2 rings (SSSR count). The fourth-order valence-corrected chi connectivity index (χ4v) is 2.38. The van der Waals surface area contributed by atoms with Crippen molar-refractivity contribution in [2.45, 2.75) is 51.3 Å². The highest BCUT2D eigenvalue weighted by atomic mass is 16.5. The van der Waals surface area contributed by atoms with Crippen LogP contribution < -0.4 is 5.32 Å². The lowest BCUT2D eigenvalue weighted by Gasteiger charge is -2.21. The summed E-state index contributed by atoms with van der Waals surface area (Å²) in [5.41, 5.74) is 0. The highest BCUT2D eigenvalue weighted by Gasteiger charge is 2.27. The fraction of sp³-hybridized carbons (Fsp3) is 0.750. The van der Waals surface area contributed by atoms with Gasteiger partial charge in [0.1, 0.15) is 0 Å². The first-order valence-corrected chi connectivity index (χ1v) is 6.04. The Morgan fingerprint density at radius 2 is 2.31 bits per heavy atom. The zero-order valence-corrected chi connectivity index (χ0v) is 10.3. The maximum atomic E-state index is 5.47. The van der Waals surface area contributed by atoms with Gasteiger partial charge in [0, 0.05) is 25.5 Å². The van der Waals surface area contributed by atoms with Gasteiger partial charge in [-0.1, -0.05) is 0 Å². The van der Waals surface area contributed by atoms with E-state index in [1.807, 2.05) is 12.4 Å². The number of methoxy groups -OCH3 is 1. The maximum absolute atomic E-state index is 5.47. The number of anilines is 1. The summed E-state index contributed by atoms with van der Waals surface area (Å²) in [4.78, 5) is 4.37. The van der Waals surface area contributed by atoms with Crippen LogP contribution in [0.3, 0.4) is 0 Å². The quantitative estimate of drug-likeness (QED) is 0.852. The molecule has 1 aliphatic rings. The van der Waals surface area contributed by atoms with Gasteiger partial charge >= 0.3 is 0 Å². The number of aromatic nitrogens is 2. The van der Waals surface area contributed by atoms with Crippen LogP contribution in [-0.2, 0) is 4.74 Å². The Hall–Kier alpha value is -1.03. The Bertz CT molecular complexity index is 335. The van der Waals surface area contributed by atoms with Gasteiger partial charge in [-0.25, -0.2) is 4.98 Å².